The lowest BCUT2D eigenvalue weighted by Crippen LogP contribution is -2.45. The van der Waals surface area contributed by atoms with Crippen molar-refractivity contribution in [3.63, 3.8) is 0 Å². The molecule has 1 amide bonds. The summed E-state index contributed by atoms with van der Waals surface area (Å²) >= 11 is 0. The van der Waals surface area contributed by atoms with Crippen LogP contribution in [0.1, 0.15) is 71.1 Å². The molecule has 2 aliphatic rings. The van der Waals surface area contributed by atoms with E-state index in [9.17, 15) is 4.79 Å². The first-order chi connectivity index (χ1) is 13.6. The second kappa shape index (κ2) is 7.43. The maximum atomic E-state index is 12.5. The van der Waals surface area contributed by atoms with Gasteiger partial charge in [-0.1, -0.05) is 38.5 Å². The van der Waals surface area contributed by atoms with Crippen LogP contribution in [0.15, 0.2) is 24.3 Å². The van der Waals surface area contributed by atoms with Crippen molar-refractivity contribution in [2.45, 2.75) is 90.5 Å². The fourth-order valence-corrected chi connectivity index (χ4v) is 5.07. The molecule has 0 aromatic heterocycles. The lowest BCUT2D eigenvalue weighted by molar-refractivity contribution is 0.0184. The number of fused-ring (bicyclic) bond motifs is 2. The van der Waals surface area contributed by atoms with E-state index in [-0.39, 0.29) is 16.5 Å². The summed E-state index contributed by atoms with van der Waals surface area (Å²) < 4.78 is 12.4. The number of hydrogen-bond acceptors (Lipinski definition) is 3. The zero-order valence-electron chi connectivity index (χ0n) is 20.3. The summed E-state index contributed by atoms with van der Waals surface area (Å²) in [6.45, 7) is 20.7. The Morgan fingerprint density at radius 3 is 2.20 bits per heavy atom. The van der Waals surface area contributed by atoms with E-state index in [1.54, 1.807) is 0 Å². The molecule has 1 heterocycles. The number of piperidine rings is 1. The fourth-order valence-electron chi connectivity index (χ4n) is 4.04. The first kappa shape index (κ1) is 22.9. The number of carbonyl (C=O) groups excluding carboxylic acids is 1. The van der Waals surface area contributed by atoms with Crippen molar-refractivity contribution in [2.75, 3.05) is 13.1 Å². The second-order valence-corrected chi connectivity index (χ2v) is 16.3. The minimum absolute atomic E-state index is 0.0563. The highest BCUT2D eigenvalue weighted by atomic mass is 28.4. The normalized spacial score (nSPS) is 18.8. The van der Waals surface area contributed by atoms with Gasteiger partial charge < -0.3 is 14.1 Å². The van der Waals surface area contributed by atoms with E-state index in [4.69, 9.17) is 9.16 Å². The van der Waals surface area contributed by atoms with Crippen molar-refractivity contribution in [2.24, 2.45) is 0 Å². The van der Waals surface area contributed by atoms with Gasteiger partial charge >= 0.3 is 6.09 Å². The van der Waals surface area contributed by atoms with Crippen molar-refractivity contribution in [1.29, 1.82) is 0 Å². The fraction of sp³-hybridized carbons (Fsp3) is 0.640. The van der Waals surface area contributed by atoms with E-state index in [1.807, 2.05) is 25.7 Å². The van der Waals surface area contributed by atoms with E-state index in [0.29, 0.717) is 13.1 Å². The summed E-state index contributed by atoms with van der Waals surface area (Å²) in [7, 11) is -1.95. The molecule has 0 unspecified atom stereocenters. The summed E-state index contributed by atoms with van der Waals surface area (Å²) in [6, 6.07) is 6.74. The number of likely N-dealkylation sites (tertiary alicyclic amines) is 1. The van der Waals surface area contributed by atoms with Gasteiger partial charge in [-0.05, 0) is 76.4 Å². The van der Waals surface area contributed by atoms with Gasteiger partial charge in [0.05, 0.1) is 0 Å². The molecule has 3 rings (SSSR count). The van der Waals surface area contributed by atoms with Crippen LogP contribution < -0.4 is 0 Å². The van der Waals surface area contributed by atoms with E-state index in [2.05, 4.69) is 65.1 Å². The number of carbonyl (C=O) groups is 1. The van der Waals surface area contributed by atoms with Crippen LogP contribution in [0.4, 0.5) is 4.79 Å². The van der Waals surface area contributed by atoms with E-state index >= 15 is 0 Å². The van der Waals surface area contributed by atoms with Crippen LogP contribution in [0.2, 0.25) is 18.1 Å². The van der Waals surface area contributed by atoms with Crippen LogP contribution in [0, 0.1) is 6.92 Å². The highest BCUT2D eigenvalue weighted by molar-refractivity contribution is 6.74. The van der Waals surface area contributed by atoms with Crippen LogP contribution in [-0.4, -0.2) is 38.0 Å². The average molecular weight is 430 g/mol. The molecule has 166 valence electrons. The van der Waals surface area contributed by atoms with Crippen molar-refractivity contribution in [3.05, 3.63) is 41.0 Å². The van der Waals surface area contributed by atoms with E-state index in [1.165, 1.54) is 16.7 Å². The van der Waals surface area contributed by atoms with Gasteiger partial charge in [-0.2, -0.15) is 0 Å². The number of nitrogens with zero attached hydrogens (tertiary/aromatic N) is 1. The maximum absolute atomic E-state index is 12.5. The van der Waals surface area contributed by atoms with E-state index < -0.39 is 13.9 Å². The summed E-state index contributed by atoms with van der Waals surface area (Å²) in [5.41, 5.74) is 3.32. The molecule has 1 aromatic rings. The molecule has 1 aromatic carbocycles. The lowest BCUT2D eigenvalue weighted by atomic mass is 9.74. The largest absolute Gasteiger partial charge is 0.543 e. The van der Waals surface area contributed by atoms with Gasteiger partial charge in [-0.3, -0.25) is 0 Å². The molecule has 4 nitrogen and oxygen atoms in total. The van der Waals surface area contributed by atoms with Gasteiger partial charge in [0.15, 0.2) is 0 Å². The molecule has 30 heavy (non-hydrogen) atoms. The average Bonchev–Trinajstić information content (AvgIpc) is 2.85. The Labute approximate surface area is 183 Å². The summed E-state index contributed by atoms with van der Waals surface area (Å²) in [5, 5.41) is 0.146. The van der Waals surface area contributed by atoms with Gasteiger partial charge in [0, 0.05) is 24.1 Å². The number of hydrogen-bond donors (Lipinski definition) is 0. The van der Waals surface area contributed by atoms with Crippen LogP contribution in [0.25, 0.3) is 5.76 Å². The highest BCUT2D eigenvalue weighted by Gasteiger charge is 2.46. The second-order valence-electron chi connectivity index (χ2n) is 11.5. The molecule has 1 fully saturated rings. The predicted octanol–water partition coefficient (Wildman–Crippen LogP) is 6.64. The summed E-state index contributed by atoms with van der Waals surface area (Å²) in [4.78, 5) is 14.4. The molecule has 1 aliphatic carbocycles. The SMILES string of the molecule is Cc1ccc2c(c1)C(O[Si](C)(C)C(C)(C)C)=CC21CCN(C(=O)OC(C)(C)C)CC1. The van der Waals surface area contributed by atoms with Gasteiger partial charge in [0.1, 0.15) is 11.4 Å². The monoisotopic (exact) mass is 429 g/mol. The van der Waals surface area contributed by atoms with Crippen molar-refractivity contribution < 1.29 is 14.0 Å². The molecule has 1 aliphatic heterocycles. The van der Waals surface area contributed by atoms with Gasteiger partial charge in [-0.25, -0.2) is 4.79 Å². The number of allylic oxidation sites excluding steroid dienone is 1. The Bertz CT molecular complexity index is 850. The zero-order chi connectivity index (χ0) is 22.5. The Hall–Kier alpha value is -1.75. The molecule has 0 bridgehead atoms. The number of rotatable bonds is 2. The first-order valence-electron chi connectivity index (χ1n) is 11.1. The molecule has 5 heteroatoms. The third kappa shape index (κ3) is 4.46. The molecule has 0 radical (unpaired) electrons. The summed E-state index contributed by atoms with van der Waals surface area (Å²) in [6.07, 6.45) is 3.95. The van der Waals surface area contributed by atoms with E-state index in [0.717, 1.165) is 18.6 Å². The smallest absolute Gasteiger partial charge is 0.410 e. The highest BCUT2D eigenvalue weighted by Crippen LogP contribution is 2.50. The molecule has 0 atom stereocenters. The lowest BCUT2D eigenvalue weighted by Gasteiger charge is -2.39. The topological polar surface area (TPSA) is 38.8 Å². The molecule has 0 saturated carbocycles. The zero-order valence-corrected chi connectivity index (χ0v) is 21.3. The van der Waals surface area contributed by atoms with Crippen LogP contribution in [-0.2, 0) is 14.6 Å². The quantitative estimate of drug-likeness (QED) is 0.495. The number of aryl methyl sites for hydroxylation is 1. The Balaban J connectivity index is 1.87. The minimum atomic E-state index is -1.95. The Morgan fingerprint density at radius 2 is 1.67 bits per heavy atom. The van der Waals surface area contributed by atoms with Gasteiger partial charge in [0.25, 0.3) is 0 Å². The standard InChI is InChI=1S/C25H39NO3Si/c1-18-10-11-20-19(16-18)21(29-30(8,9)24(5,6)7)17-25(20)12-14-26(15-13-25)22(27)28-23(2,3)4/h10-11,16-17H,12-15H2,1-9H3. The number of ether oxygens (including phenoxy) is 1. The number of amides is 1. The number of benzene rings is 1. The minimum Gasteiger partial charge on any atom is -0.543 e. The Kier molecular flexibility index (Phi) is 5.68. The molecule has 1 saturated heterocycles. The summed E-state index contributed by atoms with van der Waals surface area (Å²) in [5.74, 6) is 1.05. The van der Waals surface area contributed by atoms with Gasteiger partial charge in [-0.15, -0.1) is 0 Å². The Morgan fingerprint density at radius 1 is 1.07 bits per heavy atom. The molecular formula is C25H39NO3Si. The van der Waals surface area contributed by atoms with Gasteiger partial charge in [0.2, 0.25) is 8.32 Å². The van der Waals surface area contributed by atoms with Crippen molar-refractivity contribution in [1.82, 2.24) is 4.90 Å². The molecular weight excluding hydrogens is 390 g/mol. The van der Waals surface area contributed by atoms with Crippen molar-refractivity contribution in [3.8, 4) is 0 Å². The molecule has 0 N–H and O–H groups in total. The third-order valence-electron chi connectivity index (χ3n) is 6.86. The van der Waals surface area contributed by atoms with Crippen molar-refractivity contribution >= 4 is 20.2 Å². The maximum Gasteiger partial charge on any atom is 0.410 e. The molecule has 1 spiro atoms. The third-order valence-corrected chi connectivity index (χ3v) is 11.2. The van der Waals surface area contributed by atoms with Crippen LogP contribution in [0.5, 0.6) is 0 Å². The predicted molar refractivity (Wildman–Crippen MR) is 126 cm³/mol. The van der Waals surface area contributed by atoms with Crippen LogP contribution in [0.3, 0.4) is 0 Å². The first-order valence-corrected chi connectivity index (χ1v) is 14.1. The van der Waals surface area contributed by atoms with Crippen LogP contribution >= 0.6 is 0 Å².